The summed E-state index contributed by atoms with van der Waals surface area (Å²) in [6.07, 6.45) is 1.55. The zero-order valence-corrected chi connectivity index (χ0v) is 19.6. The summed E-state index contributed by atoms with van der Waals surface area (Å²) in [5, 5.41) is 3.27. The van der Waals surface area contributed by atoms with E-state index in [0.29, 0.717) is 13.0 Å². The van der Waals surface area contributed by atoms with Crippen LogP contribution in [-0.4, -0.2) is 22.0 Å². The Bertz CT molecular complexity index is 1220. The van der Waals surface area contributed by atoms with Crippen molar-refractivity contribution in [1.29, 1.82) is 0 Å². The molecule has 0 aliphatic rings. The number of unbranched alkanes of at least 4 members (excludes halogenated alkanes) is 1. The number of aromatic amines is 1. The number of rotatable bonds is 9. The smallest absolute Gasteiger partial charge is 0.330 e. The van der Waals surface area contributed by atoms with Crippen molar-refractivity contribution in [2.24, 2.45) is 0 Å². The van der Waals surface area contributed by atoms with Crippen LogP contribution in [0.25, 0.3) is 0 Å². The lowest BCUT2D eigenvalue weighted by Gasteiger charge is -2.26. The highest BCUT2D eigenvalue weighted by molar-refractivity contribution is 6.39. The number of halogens is 2. The molecule has 0 radical (unpaired) electrons. The molecule has 0 saturated heterocycles. The van der Waals surface area contributed by atoms with Crippen LogP contribution in [0.15, 0.2) is 58.1 Å². The minimum absolute atomic E-state index is 0.0108. The van der Waals surface area contributed by atoms with Gasteiger partial charge in [0, 0.05) is 13.1 Å². The van der Waals surface area contributed by atoms with E-state index in [4.69, 9.17) is 28.9 Å². The number of carbonyl (C=O) groups excluding carboxylic acids is 1. The Morgan fingerprint density at radius 3 is 2.39 bits per heavy atom. The molecule has 174 valence electrons. The topological polar surface area (TPSA) is 113 Å². The first-order valence-electron chi connectivity index (χ1n) is 10.5. The van der Waals surface area contributed by atoms with Crippen molar-refractivity contribution >= 4 is 46.3 Å². The Morgan fingerprint density at radius 1 is 1.09 bits per heavy atom. The third-order valence-electron chi connectivity index (χ3n) is 5.04. The van der Waals surface area contributed by atoms with E-state index in [1.165, 1.54) is 9.47 Å². The molecule has 0 spiro atoms. The molecule has 10 heteroatoms. The zero-order valence-electron chi connectivity index (χ0n) is 18.1. The van der Waals surface area contributed by atoms with Gasteiger partial charge in [-0.2, -0.15) is 0 Å². The van der Waals surface area contributed by atoms with E-state index in [2.05, 4.69) is 10.3 Å². The molecular weight excluding hydrogens is 465 g/mol. The van der Waals surface area contributed by atoms with Gasteiger partial charge in [-0.15, -0.1) is 0 Å². The number of carbonyl (C=O) groups is 1. The van der Waals surface area contributed by atoms with Crippen LogP contribution in [0.2, 0.25) is 10.0 Å². The maximum Gasteiger partial charge on any atom is 0.330 e. The highest BCUT2D eigenvalue weighted by Crippen LogP contribution is 2.30. The van der Waals surface area contributed by atoms with E-state index >= 15 is 0 Å². The van der Waals surface area contributed by atoms with Gasteiger partial charge in [0.05, 0.1) is 22.3 Å². The second-order valence-electron chi connectivity index (χ2n) is 7.48. The number of nitrogens with two attached hydrogens (primary N) is 1. The second-order valence-corrected chi connectivity index (χ2v) is 8.30. The predicted molar refractivity (Wildman–Crippen MR) is 133 cm³/mol. The first kappa shape index (κ1) is 24.4. The number of amides is 1. The molecule has 2 aromatic carbocycles. The lowest BCUT2D eigenvalue weighted by Crippen LogP contribution is -2.41. The predicted octanol–water partition coefficient (Wildman–Crippen LogP) is 3.87. The number of hydrogen-bond acceptors (Lipinski definition) is 5. The van der Waals surface area contributed by atoms with Crippen LogP contribution in [0, 0.1) is 0 Å². The summed E-state index contributed by atoms with van der Waals surface area (Å²) in [5.74, 6) is -0.442. The summed E-state index contributed by atoms with van der Waals surface area (Å²) in [7, 11) is 0. The van der Waals surface area contributed by atoms with E-state index in [9.17, 15) is 14.4 Å². The molecule has 0 unspecified atom stereocenters. The fourth-order valence-electron chi connectivity index (χ4n) is 3.41. The fourth-order valence-corrected chi connectivity index (χ4v) is 3.90. The third kappa shape index (κ3) is 5.97. The molecule has 3 rings (SSSR count). The van der Waals surface area contributed by atoms with Crippen LogP contribution in [0.4, 0.5) is 17.2 Å². The SMILES string of the molecule is CCCCn1c(N)c(N(CC(=O)Nc2c(Cl)cccc2Cl)Cc2ccccc2)c(=O)[nH]c1=O. The number of anilines is 3. The van der Waals surface area contributed by atoms with Gasteiger partial charge in [0.15, 0.2) is 0 Å². The summed E-state index contributed by atoms with van der Waals surface area (Å²) < 4.78 is 1.32. The van der Waals surface area contributed by atoms with Gasteiger partial charge >= 0.3 is 5.69 Å². The number of nitrogen functional groups attached to an aromatic ring is 1. The van der Waals surface area contributed by atoms with Gasteiger partial charge in [-0.1, -0.05) is 72.9 Å². The normalized spacial score (nSPS) is 10.8. The molecule has 3 aromatic rings. The lowest BCUT2D eigenvalue weighted by atomic mass is 10.2. The van der Waals surface area contributed by atoms with Crippen molar-refractivity contribution < 1.29 is 4.79 Å². The highest BCUT2D eigenvalue weighted by atomic mass is 35.5. The first-order chi connectivity index (χ1) is 15.8. The Balaban J connectivity index is 1.99. The lowest BCUT2D eigenvalue weighted by molar-refractivity contribution is -0.115. The number of nitrogens with zero attached hydrogens (tertiary/aromatic N) is 2. The van der Waals surface area contributed by atoms with Gasteiger partial charge in [0.2, 0.25) is 5.91 Å². The number of benzene rings is 2. The summed E-state index contributed by atoms with van der Waals surface area (Å²) in [6.45, 7) is 2.32. The van der Waals surface area contributed by atoms with Gasteiger partial charge in [0.25, 0.3) is 5.56 Å². The van der Waals surface area contributed by atoms with E-state index in [1.54, 1.807) is 18.2 Å². The van der Waals surface area contributed by atoms with Crippen LogP contribution in [0.1, 0.15) is 25.3 Å². The van der Waals surface area contributed by atoms with Crippen LogP contribution in [0.5, 0.6) is 0 Å². The van der Waals surface area contributed by atoms with Gasteiger partial charge in [-0.25, -0.2) is 4.79 Å². The molecule has 0 aliphatic carbocycles. The van der Waals surface area contributed by atoms with Crippen LogP contribution in [0.3, 0.4) is 0 Å². The molecule has 4 N–H and O–H groups in total. The number of nitrogens with one attached hydrogen (secondary N) is 2. The summed E-state index contributed by atoms with van der Waals surface area (Å²) in [6, 6.07) is 14.2. The van der Waals surface area contributed by atoms with Crippen LogP contribution < -0.4 is 27.2 Å². The fraction of sp³-hybridized carbons (Fsp3) is 0.261. The van der Waals surface area contributed by atoms with Gasteiger partial charge in [-0.05, 0) is 24.1 Å². The number of hydrogen-bond donors (Lipinski definition) is 3. The quantitative estimate of drug-likeness (QED) is 0.422. The standard InChI is InChI=1S/C23H25Cl2N5O3/c1-2-3-12-30-21(26)20(22(32)28-23(30)33)29(13-15-8-5-4-6-9-15)14-18(31)27-19-16(24)10-7-11-17(19)25/h4-11H,2-3,12-14,26H2,1H3,(H,27,31)(H,28,32,33). The van der Waals surface area contributed by atoms with Crippen molar-refractivity contribution in [3.05, 3.63) is 85.0 Å². The van der Waals surface area contributed by atoms with E-state index in [-0.39, 0.29) is 40.3 Å². The van der Waals surface area contributed by atoms with Crippen LogP contribution in [-0.2, 0) is 17.9 Å². The molecule has 0 aliphatic heterocycles. The molecule has 0 atom stereocenters. The van der Waals surface area contributed by atoms with Gasteiger partial charge in [0.1, 0.15) is 11.5 Å². The van der Waals surface area contributed by atoms with Crippen molar-refractivity contribution in [1.82, 2.24) is 9.55 Å². The number of para-hydroxylation sites is 1. The Labute approximate surface area is 200 Å². The maximum atomic E-state index is 12.9. The first-order valence-corrected chi connectivity index (χ1v) is 11.2. The highest BCUT2D eigenvalue weighted by Gasteiger charge is 2.22. The minimum Gasteiger partial charge on any atom is -0.383 e. The molecule has 1 aromatic heterocycles. The van der Waals surface area contributed by atoms with Crippen molar-refractivity contribution in [2.45, 2.75) is 32.9 Å². The largest absolute Gasteiger partial charge is 0.383 e. The molecule has 1 heterocycles. The third-order valence-corrected chi connectivity index (χ3v) is 5.67. The molecule has 0 bridgehead atoms. The Hall–Kier alpha value is -3.23. The molecule has 33 heavy (non-hydrogen) atoms. The molecule has 0 fully saturated rings. The minimum atomic E-state index is -0.662. The Kier molecular flexibility index (Phi) is 8.19. The van der Waals surface area contributed by atoms with Gasteiger partial charge in [-0.3, -0.25) is 19.1 Å². The van der Waals surface area contributed by atoms with E-state index in [0.717, 1.165) is 12.0 Å². The molecular formula is C23H25Cl2N5O3. The zero-order chi connectivity index (χ0) is 24.0. The van der Waals surface area contributed by atoms with E-state index < -0.39 is 17.2 Å². The molecule has 1 amide bonds. The second kappa shape index (κ2) is 11.1. The average molecular weight is 490 g/mol. The van der Waals surface area contributed by atoms with Crippen molar-refractivity contribution in [2.75, 3.05) is 22.5 Å². The maximum absolute atomic E-state index is 12.9. The summed E-state index contributed by atoms with van der Waals surface area (Å²) >= 11 is 12.3. The summed E-state index contributed by atoms with van der Waals surface area (Å²) in [4.78, 5) is 41.9. The van der Waals surface area contributed by atoms with Crippen LogP contribution >= 0.6 is 23.2 Å². The average Bonchev–Trinajstić information content (AvgIpc) is 2.76. The van der Waals surface area contributed by atoms with E-state index in [1.807, 2.05) is 37.3 Å². The molecule has 0 saturated carbocycles. The summed E-state index contributed by atoms with van der Waals surface area (Å²) in [5.41, 5.74) is 6.22. The number of aromatic nitrogens is 2. The van der Waals surface area contributed by atoms with Crippen molar-refractivity contribution in [3.8, 4) is 0 Å². The Morgan fingerprint density at radius 2 is 1.76 bits per heavy atom. The van der Waals surface area contributed by atoms with Crippen molar-refractivity contribution in [3.63, 3.8) is 0 Å². The monoisotopic (exact) mass is 489 g/mol. The van der Waals surface area contributed by atoms with Gasteiger partial charge < -0.3 is 16.0 Å². The molecule has 8 nitrogen and oxygen atoms in total. The number of H-pyrrole nitrogens is 1.